The first kappa shape index (κ1) is 13.6. The van der Waals surface area contributed by atoms with Gasteiger partial charge in [-0.1, -0.05) is 25.1 Å². The van der Waals surface area contributed by atoms with Crippen molar-refractivity contribution in [3.63, 3.8) is 0 Å². The summed E-state index contributed by atoms with van der Waals surface area (Å²) in [5.41, 5.74) is 1.42. The standard InChI is InChI=1S/C16H19NO2S/c1-2-16(7-8-16)10-17-9-12-11-5-3-4-6-13(11)20-14(12)15(18)19/h3-6,17H,2,7-10H2,1H3,(H,18,19). The predicted molar refractivity (Wildman–Crippen MR) is 82.4 cm³/mol. The van der Waals surface area contributed by atoms with E-state index in [9.17, 15) is 9.90 Å². The van der Waals surface area contributed by atoms with Crippen molar-refractivity contribution in [1.29, 1.82) is 0 Å². The zero-order valence-electron chi connectivity index (χ0n) is 11.6. The van der Waals surface area contributed by atoms with Gasteiger partial charge < -0.3 is 10.4 Å². The summed E-state index contributed by atoms with van der Waals surface area (Å²) >= 11 is 1.37. The van der Waals surface area contributed by atoms with Crippen LogP contribution < -0.4 is 5.32 Å². The van der Waals surface area contributed by atoms with Crippen molar-refractivity contribution < 1.29 is 9.90 Å². The van der Waals surface area contributed by atoms with Crippen LogP contribution in [0.15, 0.2) is 24.3 Å². The molecule has 2 aromatic rings. The molecule has 106 valence electrons. The van der Waals surface area contributed by atoms with Crippen LogP contribution in [0.2, 0.25) is 0 Å². The van der Waals surface area contributed by atoms with Crippen LogP contribution >= 0.6 is 11.3 Å². The molecule has 0 saturated heterocycles. The highest BCUT2D eigenvalue weighted by Gasteiger charge is 2.39. The lowest BCUT2D eigenvalue weighted by atomic mass is 10.0. The minimum absolute atomic E-state index is 0.472. The molecule has 0 bridgehead atoms. The lowest BCUT2D eigenvalue weighted by Gasteiger charge is -2.13. The number of hydrogen-bond donors (Lipinski definition) is 2. The molecule has 1 aromatic heterocycles. The van der Waals surface area contributed by atoms with Gasteiger partial charge in [-0.05, 0) is 41.7 Å². The van der Waals surface area contributed by atoms with Crippen molar-refractivity contribution in [2.75, 3.05) is 6.54 Å². The van der Waals surface area contributed by atoms with Gasteiger partial charge in [0.25, 0.3) is 0 Å². The van der Waals surface area contributed by atoms with E-state index in [1.54, 1.807) is 0 Å². The lowest BCUT2D eigenvalue weighted by molar-refractivity contribution is 0.0701. The molecule has 1 aliphatic rings. The summed E-state index contributed by atoms with van der Waals surface area (Å²) in [4.78, 5) is 11.9. The van der Waals surface area contributed by atoms with Crippen LogP contribution in [0.25, 0.3) is 10.1 Å². The first-order valence-corrected chi connectivity index (χ1v) is 7.91. The van der Waals surface area contributed by atoms with Gasteiger partial charge in [-0.15, -0.1) is 11.3 Å². The van der Waals surface area contributed by atoms with Crippen LogP contribution in [-0.4, -0.2) is 17.6 Å². The smallest absolute Gasteiger partial charge is 0.346 e. The number of carboxylic acid groups (broad SMARTS) is 1. The third-order valence-electron chi connectivity index (χ3n) is 4.40. The molecule has 3 rings (SSSR count). The van der Waals surface area contributed by atoms with E-state index in [0.717, 1.165) is 22.2 Å². The number of carbonyl (C=O) groups is 1. The van der Waals surface area contributed by atoms with Crippen molar-refractivity contribution in [2.45, 2.75) is 32.7 Å². The van der Waals surface area contributed by atoms with Gasteiger partial charge in [0, 0.05) is 17.8 Å². The van der Waals surface area contributed by atoms with Gasteiger partial charge in [0.2, 0.25) is 0 Å². The van der Waals surface area contributed by atoms with E-state index in [4.69, 9.17) is 0 Å². The molecule has 1 saturated carbocycles. The van der Waals surface area contributed by atoms with Crippen molar-refractivity contribution in [3.05, 3.63) is 34.7 Å². The van der Waals surface area contributed by atoms with Gasteiger partial charge in [-0.2, -0.15) is 0 Å². The van der Waals surface area contributed by atoms with Crippen LogP contribution in [-0.2, 0) is 6.54 Å². The fourth-order valence-electron chi connectivity index (χ4n) is 2.73. The van der Waals surface area contributed by atoms with Crippen LogP contribution in [0.1, 0.15) is 41.4 Å². The van der Waals surface area contributed by atoms with Gasteiger partial charge in [-0.25, -0.2) is 4.79 Å². The number of rotatable bonds is 6. The predicted octanol–water partition coefficient (Wildman–Crippen LogP) is 3.88. The molecule has 0 atom stereocenters. The Morgan fingerprint density at radius 2 is 2.15 bits per heavy atom. The Kier molecular flexibility index (Phi) is 3.52. The highest BCUT2D eigenvalue weighted by atomic mass is 32.1. The summed E-state index contributed by atoms with van der Waals surface area (Å²) in [6.07, 6.45) is 3.80. The molecule has 0 amide bonds. The largest absolute Gasteiger partial charge is 0.477 e. The van der Waals surface area contributed by atoms with Crippen LogP contribution in [0.3, 0.4) is 0 Å². The van der Waals surface area contributed by atoms with Crippen molar-refractivity contribution >= 4 is 27.4 Å². The summed E-state index contributed by atoms with van der Waals surface area (Å²) in [6, 6.07) is 7.93. The van der Waals surface area contributed by atoms with E-state index in [1.165, 1.54) is 30.6 Å². The van der Waals surface area contributed by atoms with Gasteiger partial charge in [0.15, 0.2) is 0 Å². The zero-order chi connectivity index (χ0) is 14.2. The van der Waals surface area contributed by atoms with Crippen LogP contribution in [0, 0.1) is 5.41 Å². The summed E-state index contributed by atoms with van der Waals surface area (Å²) in [5, 5.41) is 13.9. The van der Waals surface area contributed by atoms with E-state index in [1.807, 2.05) is 24.3 Å². The first-order chi connectivity index (χ1) is 9.65. The molecule has 1 aliphatic carbocycles. The van der Waals surface area contributed by atoms with E-state index >= 15 is 0 Å². The number of nitrogens with one attached hydrogen (secondary N) is 1. The Balaban J connectivity index is 1.82. The fraction of sp³-hybridized carbons (Fsp3) is 0.438. The monoisotopic (exact) mass is 289 g/mol. The maximum Gasteiger partial charge on any atom is 0.346 e. The summed E-state index contributed by atoms with van der Waals surface area (Å²) in [6.45, 7) is 3.87. The average Bonchev–Trinajstić information content (AvgIpc) is 3.13. The highest BCUT2D eigenvalue weighted by Crippen LogP contribution is 2.48. The minimum Gasteiger partial charge on any atom is -0.477 e. The SMILES string of the molecule is CCC1(CNCc2c(C(=O)O)sc3ccccc23)CC1. The van der Waals surface area contributed by atoms with Crippen molar-refractivity contribution in [2.24, 2.45) is 5.41 Å². The van der Waals surface area contributed by atoms with Gasteiger partial charge >= 0.3 is 5.97 Å². The molecule has 0 aliphatic heterocycles. The molecule has 0 radical (unpaired) electrons. The van der Waals surface area contributed by atoms with Crippen LogP contribution in [0.4, 0.5) is 0 Å². The number of fused-ring (bicyclic) bond motifs is 1. The number of benzene rings is 1. The molecular formula is C16H19NO2S. The second-order valence-electron chi connectivity index (χ2n) is 5.67. The van der Waals surface area contributed by atoms with Crippen LogP contribution in [0.5, 0.6) is 0 Å². The minimum atomic E-state index is -0.820. The molecule has 2 N–H and O–H groups in total. The molecule has 4 heteroatoms. The fourth-order valence-corrected chi connectivity index (χ4v) is 3.79. The molecule has 0 unspecified atom stereocenters. The summed E-state index contributed by atoms with van der Waals surface area (Å²) < 4.78 is 1.05. The average molecular weight is 289 g/mol. The number of carboxylic acids is 1. The Labute approximate surface area is 122 Å². The third kappa shape index (κ3) is 2.45. The summed E-state index contributed by atoms with van der Waals surface area (Å²) in [5.74, 6) is -0.820. The second-order valence-corrected chi connectivity index (χ2v) is 6.72. The molecule has 3 nitrogen and oxygen atoms in total. The topological polar surface area (TPSA) is 49.3 Å². The molecule has 0 spiro atoms. The zero-order valence-corrected chi connectivity index (χ0v) is 12.4. The van der Waals surface area contributed by atoms with Gasteiger partial charge in [0.05, 0.1) is 0 Å². The Hall–Kier alpha value is -1.39. The Morgan fingerprint density at radius 3 is 2.80 bits per heavy atom. The maximum atomic E-state index is 11.4. The number of hydrogen-bond acceptors (Lipinski definition) is 3. The molecule has 1 aromatic carbocycles. The maximum absolute atomic E-state index is 11.4. The molecule has 1 heterocycles. The van der Waals surface area contributed by atoms with Crippen molar-refractivity contribution in [1.82, 2.24) is 5.32 Å². The van der Waals surface area contributed by atoms with Crippen molar-refractivity contribution in [3.8, 4) is 0 Å². The van der Waals surface area contributed by atoms with Gasteiger partial charge in [-0.3, -0.25) is 0 Å². The summed E-state index contributed by atoms with van der Waals surface area (Å²) in [7, 11) is 0. The van der Waals surface area contributed by atoms with E-state index in [0.29, 0.717) is 16.8 Å². The van der Waals surface area contributed by atoms with E-state index in [2.05, 4.69) is 12.2 Å². The molecule has 20 heavy (non-hydrogen) atoms. The van der Waals surface area contributed by atoms with E-state index < -0.39 is 5.97 Å². The third-order valence-corrected chi connectivity index (χ3v) is 5.60. The molecular weight excluding hydrogens is 270 g/mol. The second kappa shape index (κ2) is 5.19. The first-order valence-electron chi connectivity index (χ1n) is 7.10. The van der Waals surface area contributed by atoms with E-state index in [-0.39, 0.29) is 0 Å². The highest BCUT2D eigenvalue weighted by molar-refractivity contribution is 7.21. The Morgan fingerprint density at radius 1 is 1.40 bits per heavy atom. The number of aromatic carboxylic acids is 1. The Bertz CT molecular complexity index is 643. The normalized spacial score (nSPS) is 16.4. The van der Waals surface area contributed by atoms with Gasteiger partial charge in [0.1, 0.15) is 4.88 Å². The lowest BCUT2D eigenvalue weighted by Crippen LogP contribution is -2.23. The number of thiophene rings is 1. The molecule has 1 fully saturated rings. The quantitative estimate of drug-likeness (QED) is 0.848.